The molecule has 1 aliphatic carbocycles. The lowest BCUT2D eigenvalue weighted by molar-refractivity contribution is 0.119. The fraction of sp³-hybridized carbons (Fsp3) is 0.476. The van der Waals surface area contributed by atoms with Crippen LogP contribution in [0.1, 0.15) is 63.5 Å². The molecule has 0 bridgehead atoms. The van der Waals surface area contributed by atoms with E-state index >= 15 is 0 Å². The van der Waals surface area contributed by atoms with Gasteiger partial charge in [0.05, 0.1) is 12.3 Å². The normalized spacial score (nSPS) is 20.4. The molecule has 2 aromatic heterocycles. The van der Waals surface area contributed by atoms with Crippen molar-refractivity contribution >= 4 is 31.9 Å². The van der Waals surface area contributed by atoms with Gasteiger partial charge in [-0.3, -0.25) is 4.98 Å². The highest BCUT2D eigenvalue weighted by Crippen LogP contribution is 2.29. The number of aliphatic hydroxyl groups is 1. The summed E-state index contributed by atoms with van der Waals surface area (Å²) in [6, 6.07) is 2.35. The molecule has 1 unspecified atom stereocenters. The van der Waals surface area contributed by atoms with Crippen molar-refractivity contribution in [1.82, 2.24) is 20.1 Å². The maximum atomic E-state index is 9.72. The van der Waals surface area contributed by atoms with E-state index in [1.165, 1.54) is 0 Å². The van der Waals surface area contributed by atoms with Gasteiger partial charge in [-0.1, -0.05) is 20.4 Å². The summed E-state index contributed by atoms with van der Waals surface area (Å²) in [5.74, 6) is 1.82. The van der Waals surface area contributed by atoms with Gasteiger partial charge in [0.1, 0.15) is 5.82 Å². The van der Waals surface area contributed by atoms with Crippen molar-refractivity contribution in [3.63, 3.8) is 0 Å². The number of aliphatic imine (C=N–C) groups is 1. The van der Waals surface area contributed by atoms with Crippen LogP contribution in [0.3, 0.4) is 0 Å². The van der Waals surface area contributed by atoms with Crippen LogP contribution in [0.15, 0.2) is 36.2 Å². The van der Waals surface area contributed by atoms with Crippen molar-refractivity contribution in [2.75, 3.05) is 0 Å². The highest BCUT2D eigenvalue weighted by atomic mass is 31.0. The summed E-state index contributed by atoms with van der Waals surface area (Å²) in [7, 11) is 2.67. The van der Waals surface area contributed by atoms with Gasteiger partial charge in [-0.05, 0) is 49.9 Å². The first-order valence-corrected chi connectivity index (χ1v) is 10.4. The second-order valence-corrected chi connectivity index (χ2v) is 8.46. The Hall–Kier alpha value is -2.04. The van der Waals surface area contributed by atoms with Crippen LogP contribution < -0.4 is 10.6 Å². The van der Waals surface area contributed by atoms with Crippen LogP contribution in [-0.4, -0.2) is 37.7 Å². The van der Waals surface area contributed by atoms with Crippen molar-refractivity contribution in [2.24, 2.45) is 4.99 Å². The van der Waals surface area contributed by atoms with Gasteiger partial charge in [0.25, 0.3) is 0 Å². The van der Waals surface area contributed by atoms with Crippen molar-refractivity contribution in [2.45, 2.75) is 64.5 Å². The smallest absolute Gasteiger partial charge is 0.160 e. The fourth-order valence-corrected chi connectivity index (χ4v) is 3.73. The Kier molecular flexibility index (Phi) is 6.63. The van der Waals surface area contributed by atoms with Crippen molar-refractivity contribution in [3.05, 3.63) is 42.4 Å². The monoisotopic (exact) mass is 399 g/mol. The molecule has 0 saturated heterocycles. The molecule has 2 heterocycles. The minimum Gasteiger partial charge on any atom is -0.393 e. The van der Waals surface area contributed by atoms with Crippen LogP contribution in [-0.2, 0) is 0 Å². The molecule has 0 spiro atoms. The second-order valence-electron chi connectivity index (χ2n) is 7.79. The van der Waals surface area contributed by atoms with E-state index in [1.807, 2.05) is 25.4 Å². The van der Waals surface area contributed by atoms with Crippen molar-refractivity contribution < 1.29 is 5.11 Å². The lowest BCUT2D eigenvalue weighted by Crippen LogP contribution is -2.34. The van der Waals surface area contributed by atoms with Gasteiger partial charge in [0.2, 0.25) is 0 Å². The molecule has 7 heteroatoms. The van der Waals surface area contributed by atoms with Gasteiger partial charge in [-0.2, -0.15) is 9.78 Å². The highest BCUT2D eigenvalue weighted by molar-refractivity contribution is 7.27. The third-order valence-corrected chi connectivity index (χ3v) is 5.48. The Bertz CT molecular complexity index is 865. The number of hydrogen-bond donors (Lipinski definition) is 2. The molecule has 2 aromatic rings. The zero-order chi connectivity index (χ0) is 20.3. The first-order valence-electron chi connectivity index (χ1n) is 9.83. The van der Waals surface area contributed by atoms with Crippen molar-refractivity contribution in [3.8, 4) is 0 Å². The number of nitrogens with zero attached hydrogens (tertiary/aromatic N) is 4. The molecule has 3 rings (SSSR count). The number of rotatable bonds is 6. The summed E-state index contributed by atoms with van der Waals surface area (Å²) in [6.07, 6.45) is 8.84. The molecule has 1 atom stereocenters. The van der Waals surface area contributed by atoms with Crippen LogP contribution in [0, 0.1) is 0 Å². The van der Waals surface area contributed by atoms with E-state index in [9.17, 15) is 5.11 Å². The van der Waals surface area contributed by atoms with E-state index in [0.717, 1.165) is 59.5 Å². The number of pyridine rings is 1. The highest BCUT2D eigenvalue weighted by Gasteiger charge is 2.22. The Balaban J connectivity index is 1.88. The third-order valence-electron chi connectivity index (χ3n) is 5.17. The minimum absolute atomic E-state index is 0.174. The lowest BCUT2D eigenvalue weighted by Gasteiger charge is -2.27. The fourth-order valence-electron chi connectivity index (χ4n) is 3.47. The average molecular weight is 399 g/mol. The summed E-state index contributed by atoms with van der Waals surface area (Å²) in [4.78, 5) is 9.16. The molecular formula is C21H30N5OP. The minimum atomic E-state index is -0.174. The Morgan fingerprint density at radius 2 is 2.00 bits per heavy atom. The van der Waals surface area contributed by atoms with Crippen molar-refractivity contribution in [1.29, 1.82) is 0 Å². The van der Waals surface area contributed by atoms with Gasteiger partial charge in [-0.15, -0.1) is 9.24 Å². The third kappa shape index (κ3) is 4.86. The maximum absolute atomic E-state index is 9.72. The van der Waals surface area contributed by atoms with E-state index in [4.69, 9.17) is 4.99 Å². The van der Waals surface area contributed by atoms with Gasteiger partial charge >= 0.3 is 0 Å². The standard InChI is InChI=1S/C21H30N5OP/c1-13(2)20-12-23-26(15(4)25-17-5-7-18(27)8-6-17)21(20)24-14(3)16-9-19(28)11-22-10-16/h9-13,17-18,25,27H,4-8,28H2,1-3H3. The lowest BCUT2D eigenvalue weighted by atomic mass is 9.93. The average Bonchev–Trinajstić information content (AvgIpc) is 3.07. The van der Waals surface area contributed by atoms with E-state index < -0.39 is 0 Å². The number of hydrogen-bond acceptors (Lipinski definition) is 5. The predicted octanol–water partition coefficient (Wildman–Crippen LogP) is 3.36. The summed E-state index contributed by atoms with van der Waals surface area (Å²) in [5, 5.41) is 18.8. The molecule has 1 aliphatic rings. The van der Waals surface area contributed by atoms with Crippen LogP contribution in [0.2, 0.25) is 0 Å². The van der Waals surface area contributed by atoms with Crippen LogP contribution in [0.25, 0.3) is 5.82 Å². The molecule has 2 N–H and O–H groups in total. The van der Waals surface area contributed by atoms with E-state index in [0.29, 0.717) is 12.0 Å². The molecular weight excluding hydrogens is 369 g/mol. The van der Waals surface area contributed by atoms with Gasteiger partial charge in [-0.25, -0.2) is 4.99 Å². The van der Waals surface area contributed by atoms with Gasteiger partial charge in [0, 0.05) is 35.3 Å². The number of aliphatic hydroxyl groups excluding tert-OH is 1. The topological polar surface area (TPSA) is 75.3 Å². The molecule has 0 amide bonds. The molecule has 0 radical (unpaired) electrons. The molecule has 28 heavy (non-hydrogen) atoms. The molecule has 0 aliphatic heterocycles. The molecule has 1 fully saturated rings. The van der Waals surface area contributed by atoms with E-state index in [2.05, 4.69) is 45.1 Å². The Morgan fingerprint density at radius 3 is 2.64 bits per heavy atom. The number of nitrogens with one attached hydrogen (secondary N) is 1. The van der Waals surface area contributed by atoms with Gasteiger partial charge in [0.15, 0.2) is 5.82 Å². The largest absolute Gasteiger partial charge is 0.393 e. The quantitative estimate of drug-likeness (QED) is 0.577. The molecule has 6 nitrogen and oxygen atoms in total. The first kappa shape index (κ1) is 20.7. The maximum Gasteiger partial charge on any atom is 0.160 e. The molecule has 150 valence electrons. The van der Waals surface area contributed by atoms with Crippen LogP contribution in [0.4, 0.5) is 5.82 Å². The SMILES string of the molecule is C=C(NC1CCC(O)CC1)n1ncc(C(C)C)c1N=C(C)c1cncc(P)c1. The van der Waals surface area contributed by atoms with Crippen LogP contribution in [0.5, 0.6) is 0 Å². The van der Waals surface area contributed by atoms with E-state index in [-0.39, 0.29) is 6.10 Å². The number of aromatic nitrogens is 3. The van der Waals surface area contributed by atoms with Gasteiger partial charge < -0.3 is 10.4 Å². The zero-order valence-electron chi connectivity index (χ0n) is 16.9. The summed E-state index contributed by atoms with van der Waals surface area (Å²) < 4.78 is 1.79. The zero-order valence-corrected chi connectivity index (χ0v) is 18.0. The van der Waals surface area contributed by atoms with E-state index in [1.54, 1.807) is 10.9 Å². The predicted molar refractivity (Wildman–Crippen MR) is 118 cm³/mol. The Labute approximate surface area is 169 Å². The summed E-state index contributed by atoms with van der Waals surface area (Å²) in [5.41, 5.74) is 2.94. The summed E-state index contributed by atoms with van der Waals surface area (Å²) >= 11 is 0. The molecule has 1 saturated carbocycles. The van der Waals surface area contributed by atoms with Crippen LogP contribution >= 0.6 is 9.24 Å². The molecule has 0 aromatic carbocycles. The Morgan fingerprint density at radius 1 is 1.29 bits per heavy atom. The summed E-state index contributed by atoms with van der Waals surface area (Å²) in [6.45, 7) is 10.5. The second kappa shape index (κ2) is 8.97. The first-order chi connectivity index (χ1) is 13.3.